The molecule has 0 bridgehead atoms. The molecule has 1 unspecified atom stereocenters. The lowest BCUT2D eigenvalue weighted by Crippen LogP contribution is -2.20. The number of aromatic nitrogens is 4. The molecule has 0 saturated carbocycles. The van der Waals surface area contributed by atoms with E-state index in [4.69, 9.17) is 17.0 Å². The van der Waals surface area contributed by atoms with Crippen LogP contribution >= 0.6 is 12.2 Å². The van der Waals surface area contributed by atoms with Crippen LogP contribution in [0.5, 0.6) is 0 Å². The predicted molar refractivity (Wildman–Crippen MR) is 72.0 cm³/mol. The van der Waals surface area contributed by atoms with Crippen LogP contribution in [0.1, 0.15) is 19.9 Å². The maximum atomic E-state index is 11.8. The molecular formula is C12H14N4O2S. The minimum atomic E-state index is -0.540. The van der Waals surface area contributed by atoms with E-state index in [0.29, 0.717) is 17.2 Å². The number of hydrogen-bond donors (Lipinski definition) is 1. The highest BCUT2D eigenvalue weighted by atomic mass is 32.1. The number of nitrogens with zero attached hydrogens (tertiary/aromatic N) is 3. The molecule has 2 aromatic heterocycles. The molecule has 0 amide bonds. The van der Waals surface area contributed by atoms with Crippen LogP contribution in [-0.4, -0.2) is 32.3 Å². The van der Waals surface area contributed by atoms with E-state index in [1.54, 1.807) is 36.9 Å². The number of ether oxygens (including phenoxy) is 1. The summed E-state index contributed by atoms with van der Waals surface area (Å²) in [5.41, 5.74) is 0.783. The van der Waals surface area contributed by atoms with Gasteiger partial charge in [-0.25, -0.2) is 4.79 Å². The van der Waals surface area contributed by atoms with E-state index in [9.17, 15) is 4.79 Å². The van der Waals surface area contributed by atoms with Crippen molar-refractivity contribution in [3.05, 3.63) is 29.3 Å². The molecule has 2 aromatic rings. The highest BCUT2D eigenvalue weighted by molar-refractivity contribution is 7.71. The lowest BCUT2D eigenvalue weighted by atomic mass is 10.2. The highest BCUT2D eigenvalue weighted by Crippen LogP contribution is 2.20. The summed E-state index contributed by atoms with van der Waals surface area (Å²) < 4.78 is 7.01. The summed E-state index contributed by atoms with van der Waals surface area (Å²) in [5.74, 6) is 0.226. The fourth-order valence-electron chi connectivity index (χ4n) is 1.73. The smallest absolute Gasteiger partial charge is 0.328 e. The Morgan fingerprint density at radius 1 is 1.63 bits per heavy atom. The lowest BCUT2D eigenvalue weighted by Gasteiger charge is -2.13. The normalized spacial score (nSPS) is 12.1. The van der Waals surface area contributed by atoms with Crippen LogP contribution < -0.4 is 0 Å². The van der Waals surface area contributed by atoms with Gasteiger partial charge < -0.3 is 4.74 Å². The molecule has 0 saturated heterocycles. The molecule has 100 valence electrons. The van der Waals surface area contributed by atoms with Gasteiger partial charge in [0.2, 0.25) is 0 Å². The number of aromatic amines is 1. The summed E-state index contributed by atoms with van der Waals surface area (Å²) in [5, 5.41) is 6.84. The Bertz CT molecular complexity index is 620. The van der Waals surface area contributed by atoms with Gasteiger partial charge in [0.25, 0.3) is 0 Å². The van der Waals surface area contributed by atoms with Crippen LogP contribution in [0.2, 0.25) is 0 Å². The molecule has 2 rings (SSSR count). The summed E-state index contributed by atoms with van der Waals surface area (Å²) in [6, 6.07) is 3.11. The van der Waals surface area contributed by atoms with E-state index >= 15 is 0 Å². The van der Waals surface area contributed by atoms with Gasteiger partial charge >= 0.3 is 5.97 Å². The summed E-state index contributed by atoms with van der Waals surface area (Å²) in [6.07, 6.45) is 3.34. The molecule has 0 radical (unpaired) electrons. The number of esters is 1. The van der Waals surface area contributed by atoms with Crippen molar-refractivity contribution in [1.82, 2.24) is 19.7 Å². The molecule has 1 N–H and O–H groups in total. The molecule has 0 aliphatic heterocycles. The monoisotopic (exact) mass is 278 g/mol. The maximum Gasteiger partial charge on any atom is 0.328 e. The van der Waals surface area contributed by atoms with Crippen LogP contribution in [-0.2, 0) is 9.53 Å². The Kier molecular flexibility index (Phi) is 4.06. The Morgan fingerprint density at radius 2 is 2.42 bits per heavy atom. The fourth-order valence-corrected chi connectivity index (χ4v) is 2.02. The molecule has 0 spiro atoms. The zero-order chi connectivity index (χ0) is 13.8. The number of hydrogen-bond acceptors (Lipinski definition) is 5. The third-order valence-electron chi connectivity index (χ3n) is 2.64. The van der Waals surface area contributed by atoms with E-state index in [1.165, 1.54) is 0 Å². The van der Waals surface area contributed by atoms with Crippen molar-refractivity contribution in [2.75, 3.05) is 6.61 Å². The van der Waals surface area contributed by atoms with Gasteiger partial charge in [-0.2, -0.15) is 5.10 Å². The number of rotatable bonds is 4. The average Bonchev–Trinajstić information content (AvgIpc) is 2.81. The minimum Gasteiger partial charge on any atom is -0.464 e. The van der Waals surface area contributed by atoms with Gasteiger partial charge in [0.05, 0.1) is 6.61 Å². The van der Waals surface area contributed by atoms with E-state index in [1.807, 2.05) is 6.07 Å². The van der Waals surface area contributed by atoms with Gasteiger partial charge in [0, 0.05) is 18.0 Å². The van der Waals surface area contributed by atoms with Gasteiger partial charge in [-0.15, -0.1) is 0 Å². The Balaban J connectivity index is 2.44. The van der Waals surface area contributed by atoms with E-state index in [-0.39, 0.29) is 5.97 Å². The van der Waals surface area contributed by atoms with Gasteiger partial charge in [-0.05, 0) is 38.2 Å². The second-order valence-electron chi connectivity index (χ2n) is 3.89. The van der Waals surface area contributed by atoms with Crippen molar-refractivity contribution in [3.8, 4) is 11.4 Å². The molecule has 0 aliphatic carbocycles. The molecule has 7 heteroatoms. The fraction of sp³-hybridized carbons (Fsp3) is 0.333. The highest BCUT2D eigenvalue weighted by Gasteiger charge is 2.21. The van der Waals surface area contributed by atoms with Crippen LogP contribution in [0.4, 0.5) is 0 Å². The number of nitrogens with one attached hydrogen (secondary N) is 1. The summed E-state index contributed by atoms with van der Waals surface area (Å²) >= 11 is 5.17. The van der Waals surface area contributed by atoms with Crippen molar-refractivity contribution in [2.24, 2.45) is 0 Å². The first kappa shape index (κ1) is 13.4. The zero-order valence-electron chi connectivity index (χ0n) is 10.7. The molecule has 2 heterocycles. The van der Waals surface area contributed by atoms with Crippen LogP contribution in [0.25, 0.3) is 11.4 Å². The second-order valence-corrected chi connectivity index (χ2v) is 4.28. The molecule has 0 fully saturated rings. The first-order valence-corrected chi connectivity index (χ1v) is 6.30. The molecule has 1 atom stereocenters. The first-order valence-electron chi connectivity index (χ1n) is 5.89. The Labute approximate surface area is 115 Å². The molecule has 6 nitrogen and oxygen atoms in total. The number of carbonyl (C=O) groups excluding carboxylic acids is 1. The second kappa shape index (κ2) is 5.75. The van der Waals surface area contributed by atoms with Gasteiger partial charge in [-0.3, -0.25) is 14.6 Å². The number of pyridine rings is 1. The van der Waals surface area contributed by atoms with E-state index < -0.39 is 6.04 Å². The van der Waals surface area contributed by atoms with Crippen molar-refractivity contribution in [3.63, 3.8) is 0 Å². The SMILES string of the molecule is CCOC(=O)C(C)n1c(-c2cccnc2)n[nH]c1=S. The van der Waals surface area contributed by atoms with Crippen molar-refractivity contribution >= 4 is 18.2 Å². The van der Waals surface area contributed by atoms with Crippen LogP contribution in [0.15, 0.2) is 24.5 Å². The zero-order valence-corrected chi connectivity index (χ0v) is 11.5. The summed E-state index contributed by atoms with van der Waals surface area (Å²) in [4.78, 5) is 15.9. The third kappa shape index (κ3) is 2.70. The Morgan fingerprint density at radius 3 is 3.05 bits per heavy atom. The maximum absolute atomic E-state index is 11.8. The van der Waals surface area contributed by atoms with Crippen LogP contribution in [0, 0.1) is 4.77 Å². The van der Waals surface area contributed by atoms with Crippen LogP contribution in [0.3, 0.4) is 0 Å². The summed E-state index contributed by atoms with van der Waals surface area (Å²) in [6.45, 7) is 3.82. The van der Waals surface area contributed by atoms with Gasteiger partial charge in [-0.1, -0.05) is 0 Å². The van der Waals surface area contributed by atoms with Crippen molar-refractivity contribution in [2.45, 2.75) is 19.9 Å². The Hall–Kier alpha value is -2.02. The topological polar surface area (TPSA) is 72.8 Å². The molecule has 0 aliphatic rings. The quantitative estimate of drug-likeness (QED) is 0.685. The van der Waals surface area contributed by atoms with E-state index in [2.05, 4.69) is 15.2 Å². The molecule has 0 aromatic carbocycles. The van der Waals surface area contributed by atoms with Gasteiger partial charge in [0.15, 0.2) is 10.6 Å². The van der Waals surface area contributed by atoms with E-state index in [0.717, 1.165) is 5.56 Å². The largest absolute Gasteiger partial charge is 0.464 e. The standard InChI is InChI=1S/C12H14N4O2S/c1-3-18-11(17)8(2)16-10(14-15-12(16)19)9-5-4-6-13-7-9/h4-8H,3H2,1-2H3,(H,15,19). The van der Waals surface area contributed by atoms with Gasteiger partial charge in [0.1, 0.15) is 6.04 Å². The average molecular weight is 278 g/mol. The first-order chi connectivity index (χ1) is 9.15. The van der Waals surface area contributed by atoms with Crippen molar-refractivity contribution < 1.29 is 9.53 Å². The number of carbonyl (C=O) groups is 1. The van der Waals surface area contributed by atoms with Crippen molar-refractivity contribution in [1.29, 1.82) is 0 Å². The third-order valence-corrected chi connectivity index (χ3v) is 2.93. The number of H-pyrrole nitrogens is 1. The molecule has 19 heavy (non-hydrogen) atoms. The molecular weight excluding hydrogens is 264 g/mol. The predicted octanol–water partition coefficient (Wildman–Crippen LogP) is 2.13. The lowest BCUT2D eigenvalue weighted by molar-refractivity contribution is -0.146. The summed E-state index contributed by atoms with van der Waals surface area (Å²) in [7, 11) is 0. The minimum absolute atomic E-state index is 0.330.